The molecule has 4 heterocycles. The van der Waals surface area contributed by atoms with Crippen LogP contribution in [-0.2, 0) is 32.2 Å². The lowest BCUT2D eigenvalue weighted by Gasteiger charge is -2.25. The Labute approximate surface area is 177 Å². The van der Waals surface area contributed by atoms with Crippen molar-refractivity contribution < 1.29 is 19.1 Å². The van der Waals surface area contributed by atoms with Crippen LogP contribution in [-0.4, -0.2) is 34.1 Å². The molecule has 5 rings (SSSR count). The molecule has 158 valence electrons. The lowest BCUT2D eigenvalue weighted by atomic mass is 10.00. The molecule has 1 atom stereocenters. The maximum atomic E-state index is 13.2. The Morgan fingerprint density at radius 2 is 2.10 bits per heavy atom. The summed E-state index contributed by atoms with van der Waals surface area (Å²) in [5.41, 5.74) is 3.50. The first-order valence-electron chi connectivity index (χ1n) is 10.2. The predicted octanol–water partition coefficient (Wildman–Crippen LogP) is 2.06. The second-order valence-corrected chi connectivity index (χ2v) is 8.06. The number of pyridine rings is 2. The highest BCUT2D eigenvalue weighted by Crippen LogP contribution is 2.36. The molecule has 0 spiro atoms. The number of carbonyl (C=O) groups excluding carboxylic acids is 2. The predicted molar refractivity (Wildman–Crippen MR) is 112 cm³/mol. The van der Waals surface area contributed by atoms with E-state index in [0.717, 1.165) is 16.5 Å². The van der Waals surface area contributed by atoms with E-state index in [-0.39, 0.29) is 24.8 Å². The molecule has 8 nitrogen and oxygen atoms in total. The largest absolute Gasteiger partial charge is 0.458 e. The van der Waals surface area contributed by atoms with Crippen LogP contribution in [0, 0.1) is 0 Å². The van der Waals surface area contributed by atoms with Crippen LogP contribution in [0.1, 0.15) is 36.6 Å². The summed E-state index contributed by atoms with van der Waals surface area (Å²) >= 11 is 0. The van der Waals surface area contributed by atoms with Gasteiger partial charge in [-0.2, -0.15) is 0 Å². The van der Waals surface area contributed by atoms with Crippen molar-refractivity contribution in [3.63, 3.8) is 0 Å². The van der Waals surface area contributed by atoms with Crippen LogP contribution in [0.15, 0.2) is 41.2 Å². The number of cyclic esters (lactones) is 1. The van der Waals surface area contributed by atoms with E-state index in [9.17, 15) is 14.4 Å². The maximum Gasteiger partial charge on any atom is 0.352 e. The van der Waals surface area contributed by atoms with Crippen LogP contribution < -0.4 is 10.9 Å². The van der Waals surface area contributed by atoms with E-state index in [1.165, 1.54) is 0 Å². The van der Waals surface area contributed by atoms with E-state index in [4.69, 9.17) is 14.5 Å². The number of para-hydroxylation sites is 1. The molecular weight excluding hydrogens is 398 g/mol. The third kappa shape index (κ3) is 3.29. The van der Waals surface area contributed by atoms with Gasteiger partial charge in [0.05, 0.1) is 35.6 Å². The number of nitrogens with zero attached hydrogens (tertiary/aromatic N) is 2. The van der Waals surface area contributed by atoms with Crippen molar-refractivity contribution in [2.24, 2.45) is 0 Å². The minimum Gasteiger partial charge on any atom is -0.458 e. The van der Waals surface area contributed by atoms with Crippen molar-refractivity contribution in [3.8, 4) is 11.4 Å². The van der Waals surface area contributed by atoms with Crippen LogP contribution in [0.25, 0.3) is 22.3 Å². The second-order valence-electron chi connectivity index (χ2n) is 8.06. The molecule has 1 N–H and O–H groups in total. The van der Waals surface area contributed by atoms with Gasteiger partial charge in [0.1, 0.15) is 6.61 Å². The molecule has 0 radical (unpaired) electrons. The van der Waals surface area contributed by atoms with Crippen molar-refractivity contribution >= 4 is 22.8 Å². The molecule has 2 aliphatic rings. The maximum absolute atomic E-state index is 13.2. The molecule has 1 aromatic carbocycles. The Morgan fingerprint density at radius 3 is 2.90 bits per heavy atom. The number of rotatable bonds is 4. The van der Waals surface area contributed by atoms with E-state index >= 15 is 0 Å². The third-order valence-electron chi connectivity index (χ3n) is 5.57. The first kappa shape index (κ1) is 19.4. The van der Waals surface area contributed by atoms with E-state index in [1.807, 2.05) is 44.2 Å². The highest BCUT2D eigenvalue weighted by atomic mass is 16.6. The summed E-state index contributed by atoms with van der Waals surface area (Å²) in [5.74, 6) is -1.27. The summed E-state index contributed by atoms with van der Waals surface area (Å²) in [5, 5.41) is 3.95. The van der Waals surface area contributed by atoms with Crippen molar-refractivity contribution in [1.29, 1.82) is 0 Å². The van der Waals surface area contributed by atoms with Gasteiger partial charge in [0, 0.05) is 22.6 Å². The van der Waals surface area contributed by atoms with Gasteiger partial charge >= 0.3 is 11.9 Å². The highest BCUT2D eigenvalue weighted by Gasteiger charge is 2.37. The van der Waals surface area contributed by atoms with Gasteiger partial charge < -0.3 is 19.4 Å². The fraction of sp³-hybridized carbons (Fsp3) is 0.304. The molecule has 2 aromatic heterocycles. The molecule has 0 fully saturated rings. The Bertz CT molecular complexity index is 1290. The molecule has 2 aliphatic heterocycles. The standard InChI is InChI=1S/C23H21N3O5/c1-12(2)24-9-19(27)31-21-15-8-18-20-14(7-13-5-3-4-6-17(13)25-20)10-26(18)22(28)16(15)11-30-23(21)29/h3-8,12,21,24H,9-11H2,1-2H3/t21-/m0/s1. The first-order valence-corrected chi connectivity index (χ1v) is 10.2. The number of esters is 2. The number of benzene rings is 1. The quantitative estimate of drug-likeness (QED) is 0.506. The fourth-order valence-electron chi connectivity index (χ4n) is 4.03. The zero-order valence-corrected chi connectivity index (χ0v) is 17.2. The molecular formula is C23H21N3O5. The number of hydrogen-bond acceptors (Lipinski definition) is 7. The summed E-state index contributed by atoms with van der Waals surface area (Å²) in [7, 11) is 0. The average molecular weight is 419 g/mol. The van der Waals surface area contributed by atoms with E-state index in [2.05, 4.69) is 5.32 Å². The fourth-order valence-corrected chi connectivity index (χ4v) is 4.03. The van der Waals surface area contributed by atoms with Crippen LogP contribution in [0.4, 0.5) is 0 Å². The van der Waals surface area contributed by atoms with E-state index in [0.29, 0.717) is 29.1 Å². The monoisotopic (exact) mass is 419 g/mol. The molecule has 0 saturated carbocycles. The van der Waals surface area contributed by atoms with Crippen molar-refractivity contribution in [1.82, 2.24) is 14.9 Å². The number of ether oxygens (including phenoxy) is 2. The number of carbonyl (C=O) groups is 2. The van der Waals surface area contributed by atoms with Crippen LogP contribution in [0.3, 0.4) is 0 Å². The second kappa shape index (κ2) is 7.31. The average Bonchev–Trinajstić information content (AvgIpc) is 3.10. The van der Waals surface area contributed by atoms with Gasteiger partial charge in [0.25, 0.3) is 5.56 Å². The van der Waals surface area contributed by atoms with Crippen LogP contribution in [0.5, 0.6) is 0 Å². The zero-order valence-electron chi connectivity index (χ0n) is 17.2. The van der Waals surface area contributed by atoms with Gasteiger partial charge in [0.2, 0.25) is 6.10 Å². The molecule has 0 amide bonds. The normalized spacial score (nSPS) is 16.6. The van der Waals surface area contributed by atoms with Crippen LogP contribution >= 0.6 is 0 Å². The summed E-state index contributed by atoms with van der Waals surface area (Å²) < 4.78 is 12.2. The van der Waals surface area contributed by atoms with Crippen molar-refractivity contribution in [2.75, 3.05) is 6.54 Å². The Hall–Kier alpha value is -3.52. The van der Waals surface area contributed by atoms with Gasteiger partial charge in [-0.25, -0.2) is 9.78 Å². The smallest absolute Gasteiger partial charge is 0.352 e. The van der Waals surface area contributed by atoms with Gasteiger partial charge in [-0.3, -0.25) is 9.59 Å². The van der Waals surface area contributed by atoms with E-state index < -0.39 is 18.0 Å². The first-order chi connectivity index (χ1) is 14.9. The van der Waals surface area contributed by atoms with Gasteiger partial charge in [-0.15, -0.1) is 0 Å². The van der Waals surface area contributed by atoms with Gasteiger partial charge in [0.15, 0.2) is 0 Å². The van der Waals surface area contributed by atoms with E-state index in [1.54, 1.807) is 10.6 Å². The highest BCUT2D eigenvalue weighted by molar-refractivity contribution is 5.86. The minimum atomic E-state index is -1.27. The molecule has 0 bridgehead atoms. The molecule has 0 aliphatic carbocycles. The minimum absolute atomic E-state index is 0.0446. The summed E-state index contributed by atoms with van der Waals surface area (Å²) in [4.78, 5) is 42.6. The molecule has 0 saturated heterocycles. The Morgan fingerprint density at radius 1 is 1.29 bits per heavy atom. The number of fused-ring (bicyclic) bond motifs is 5. The topological polar surface area (TPSA) is 99.5 Å². The number of nitrogens with one attached hydrogen (secondary N) is 1. The Kier molecular flexibility index (Phi) is 4.59. The Balaban J connectivity index is 1.58. The van der Waals surface area contributed by atoms with Crippen molar-refractivity contribution in [2.45, 2.75) is 39.1 Å². The molecule has 8 heteroatoms. The van der Waals surface area contributed by atoms with Gasteiger partial charge in [-0.1, -0.05) is 32.0 Å². The lowest BCUT2D eigenvalue weighted by Crippen LogP contribution is -2.36. The number of hydrogen-bond donors (Lipinski definition) is 1. The lowest BCUT2D eigenvalue weighted by molar-refractivity contribution is -0.171. The summed E-state index contributed by atoms with van der Waals surface area (Å²) in [6.45, 7) is 4.01. The number of aromatic nitrogens is 2. The third-order valence-corrected chi connectivity index (χ3v) is 5.57. The van der Waals surface area contributed by atoms with Gasteiger partial charge in [-0.05, 0) is 18.2 Å². The molecule has 0 unspecified atom stereocenters. The van der Waals surface area contributed by atoms with Crippen molar-refractivity contribution in [3.05, 3.63) is 63.4 Å². The summed E-state index contributed by atoms with van der Waals surface area (Å²) in [6.07, 6.45) is -1.27. The van der Waals surface area contributed by atoms with Crippen LogP contribution in [0.2, 0.25) is 0 Å². The SMILES string of the molecule is CC(C)NCC(=O)O[C@@H]1C(=O)OCc2c1cc1n(c2=O)Cc2cc3ccccc3nc2-1. The summed E-state index contributed by atoms with van der Waals surface area (Å²) in [6, 6.07) is 11.6. The molecule has 31 heavy (non-hydrogen) atoms. The zero-order chi connectivity index (χ0) is 21.7. The molecule has 3 aromatic rings.